The molecule has 150 valence electrons. The van der Waals surface area contributed by atoms with Crippen LogP contribution in [0.3, 0.4) is 0 Å². The Bertz CT molecular complexity index is 814. The zero-order valence-corrected chi connectivity index (χ0v) is 17.3. The van der Waals surface area contributed by atoms with Crippen molar-refractivity contribution in [3.8, 4) is 0 Å². The van der Waals surface area contributed by atoms with Crippen LogP contribution < -0.4 is 0 Å². The number of carbonyl (C=O) groups is 2. The van der Waals surface area contributed by atoms with Gasteiger partial charge in [0.05, 0.1) is 5.92 Å². The van der Waals surface area contributed by atoms with Crippen LogP contribution in [0.4, 0.5) is 0 Å². The Morgan fingerprint density at radius 3 is 1.96 bits per heavy atom. The molecular formula is C24H30O4. The summed E-state index contributed by atoms with van der Waals surface area (Å²) in [6.07, 6.45) is 1.82. The van der Waals surface area contributed by atoms with Crippen molar-refractivity contribution in [1.82, 2.24) is 0 Å². The predicted octanol–water partition coefficient (Wildman–Crippen LogP) is 5.46. The third-order valence-corrected chi connectivity index (χ3v) is 4.54. The molecule has 2 N–H and O–H groups in total. The Balaban J connectivity index is 0.000000283. The number of carboxylic acids is 2. The van der Waals surface area contributed by atoms with Crippen LogP contribution in [0.15, 0.2) is 60.7 Å². The second-order valence-corrected chi connectivity index (χ2v) is 7.93. The Morgan fingerprint density at radius 1 is 0.964 bits per heavy atom. The maximum Gasteiger partial charge on any atom is 0.328 e. The summed E-state index contributed by atoms with van der Waals surface area (Å²) in [4.78, 5) is 21.6. The molecule has 2 aromatic carbocycles. The van der Waals surface area contributed by atoms with Crippen molar-refractivity contribution in [3.05, 3.63) is 77.4 Å². The van der Waals surface area contributed by atoms with Crippen molar-refractivity contribution in [2.24, 2.45) is 11.3 Å². The summed E-state index contributed by atoms with van der Waals surface area (Å²) in [6, 6.07) is 17.5. The van der Waals surface area contributed by atoms with Crippen LogP contribution in [0.25, 0.3) is 5.57 Å². The van der Waals surface area contributed by atoms with E-state index in [0.29, 0.717) is 6.42 Å². The quantitative estimate of drug-likeness (QED) is 0.674. The van der Waals surface area contributed by atoms with Gasteiger partial charge in [-0.2, -0.15) is 0 Å². The average Bonchev–Trinajstić information content (AvgIpc) is 2.59. The molecule has 0 aliphatic heterocycles. The minimum Gasteiger partial charge on any atom is -0.481 e. The summed E-state index contributed by atoms with van der Waals surface area (Å²) in [5.41, 5.74) is 3.75. The lowest BCUT2D eigenvalue weighted by atomic mass is 9.77. The van der Waals surface area contributed by atoms with Crippen LogP contribution in [0.5, 0.6) is 0 Å². The predicted molar refractivity (Wildman–Crippen MR) is 113 cm³/mol. The lowest BCUT2D eigenvalue weighted by molar-refractivity contribution is -0.145. The number of hydrogen-bond donors (Lipinski definition) is 2. The van der Waals surface area contributed by atoms with Crippen molar-refractivity contribution >= 4 is 17.5 Å². The Labute approximate surface area is 167 Å². The maximum atomic E-state index is 11.2. The van der Waals surface area contributed by atoms with Crippen molar-refractivity contribution in [3.63, 3.8) is 0 Å². The van der Waals surface area contributed by atoms with E-state index in [1.165, 1.54) is 6.08 Å². The van der Waals surface area contributed by atoms with Gasteiger partial charge in [-0.1, -0.05) is 75.4 Å². The SMILES string of the molecule is CC(=CC(=O)O)c1ccccc1C.CC(C)(C)C(Cc1ccccc1)C(=O)O. The molecule has 4 heteroatoms. The van der Waals surface area contributed by atoms with E-state index in [2.05, 4.69) is 0 Å². The van der Waals surface area contributed by atoms with Gasteiger partial charge in [0, 0.05) is 6.08 Å². The Morgan fingerprint density at radius 2 is 1.50 bits per heavy atom. The summed E-state index contributed by atoms with van der Waals surface area (Å²) in [7, 11) is 0. The largest absolute Gasteiger partial charge is 0.481 e. The van der Waals surface area contributed by atoms with Crippen LogP contribution in [0.1, 0.15) is 44.4 Å². The van der Waals surface area contributed by atoms with E-state index in [-0.39, 0.29) is 11.3 Å². The van der Waals surface area contributed by atoms with Crippen LogP contribution in [0.2, 0.25) is 0 Å². The van der Waals surface area contributed by atoms with E-state index in [1.54, 1.807) is 6.92 Å². The number of aliphatic carboxylic acids is 2. The fourth-order valence-corrected chi connectivity index (χ4v) is 2.89. The summed E-state index contributed by atoms with van der Waals surface area (Å²) < 4.78 is 0. The number of carboxylic acid groups (broad SMARTS) is 2. The van der Waals surface area contributed by atoms with Gasteiger partial charge in [0.15, 0.2) is 0 Å². The first-order valence-corrected chi connectivity index (χ1v) is 9.26. The van der Waals surface area contributed by atoms with Gasteiger partial charge in [0.25, 0.3) is 0 Å². The van der Waals surface area contributed by atoms with Gasteiger partial charge in [-0.3, -0.25) is 4.79 Å². The highest BCUT2D eigenvalue weighted by molar-refractivity contribution is 5.89. The van der Waals surface area contributed by atoms with Crippen molar-refractivity contribution in [2.45, 2.75) is 41.0 Å². The normalized spacial score (nSPS) is 12.5. The monoisotopic (exact) mass is 382 g/mol. The third-order valence-electron chi connectivity index (χ3n) is 4.54. The lowest BCUT2D eigenvalue weighted by Crippen LogP contribution is -2.30. The van der Waals surface area contributed by atoms with Gasteiger partial charge < -0.3 is 10.2 Å². The molecule has 2 rings (SSSR count). The third kappa shape index (κ3) is 7.78. The minimum atomic E-state index is -0.902. The Hall–Kier alpha value is -2.88. The van der Waals surface area contributed by atoms with Crippen LogP contribution >= 0.6 is 0 Å². The molecule has 4 nitrogen and oxygen atoms in total. The molecule has 0 aromatic heterocycles. The molecule has 0 spiro atoms. The average molecular weight is 383 g/mol. The van der Waals surface area contributed by atoms with E-state index in [0.717, 1.165) is 22.3 Å². The number of allylic oxidation sites excluding steroid dienone is 1. The smallest absolute Gasteiger partial charge is 0.328 e. The van der Waals surface area contributed by atoms with Crippen molar-refractivity contribution in [1.29, 1.82) is 0 Å². The molecule has 0 aliphatic rings. The molecule has 1 unspecified atom stereocenters. The fourth-order valence-electron chi connectivity index (χ4n) is 2.89. The van der Waals surface area contributed by atoms with Crippen molar-refractivity contribution in [2.75, 3.05) is 0 Å². The van der Waals surface area contributed by atoms with E-state index in [9.17, 15) is 14.7 Å². The lowest BCUT2D eigenvalue weighted by Gasteiger charge is -2.27. The first-order chi connectivity index (χ1) is 13.0. The van der Waals surface area contributed by atoms with E-state index >= 15 is 0 Å². The molecule has 0 bridgehead atoms. The van der Waals surface area contributed by atoms with Gasteiger partial charge in [-0.15, -0.1) is 0 Å². The van der Waals surface area contributed by atoms with Gasteiger partial charge in [0.2, 0.25) is 0 Å². The molecule has 0 aliphatic carbocycles. The molecular weight excluding hydrogens is 352 g/mol. The zero-order valence-electron chi connectivity index (χ0n) is 17.3. The van der Waals surface area contributed by atoms with E-state index in [4.69, 9.17) is 5.11 Å². The molecule has 28 heavy (non-hydrogen) atoms. The zero-order chi connectivity index (χ0) is 21.3. The van der Waals surface area contributed by atoms with Crippen LogP contribution in [0, 0.1) is 18.3 Å². The first-order valence-electron chi connectivity index (χ1n) is 9.26. The highest BCUT2D eigenvalue weighted by Crippen LogP contribution is 2.29. The maximum absolute atomic E-state index is 11.2. The first kappa shape index (κ1) is 23.2. The topological polar surface area (TPSA) is 74.6 Å². The number of rotatable bonds is 5. The van der Waals surface area contributed by atoms with Gasteiger partial charge in [-0.05, 0) is 47.9 Å². The molecule has 0 radical (unpaired) electrons. The standard InChI is InChI=1S/C13H18O2.C11H12O2/c1-13(2,3)11(12(14)15)9-10-7-5-4-6-8-10;1-8-5-3-4-6-10(8)9(2)7-11(12)13/h4-8,11H,9H2,1-3H3,(H,14,15);3-7H,1-2H3,(H,12,13). The van der Waals surface area contributed by atoms with Crippen LogP contribution in [-0.2, 0) is 16.0 Å². The van der Waals surface area contributed by atoms with Gasteiger partial charge in [0.1, 0.15) is 0 Å². The summed E-state index contributed by atoms with van der Waals surface area (Å²) in [6.45, 7) is 9.67. The van der Waals surface area contributed by atoms with E-state index < -0.39 is 11.9 Å². The summed E-state index contributed by atoms with van der Waals surface area (Å²) >= 11 is 0. The number of aryl methyl sites for hydroxylation is 1. The van der Waals surface area contributed by atoms with Gasteiger partial charge >= 0.3 is 11.9 Å². The molecule has 0 saturated carbocycles. The Kier molecular flexibility index (Phi) is 8.65. The highest BCUT2D eigenvalue weighted by atomic mass is 16.4. The number of hydrogen-bond acceptors (Lipinski definition) is 2. The summed E-state index contributed by atoms with van der Waals surface area (Å²) in [5.74, 6) is -1.95. The van der Waals surface area contributed by atoms with E-state index in [1.807, 2.05) is 82.3 Å². The second kappa shape index (κ2) is 10.5. The number of benzene rings is 2. The highest BCUT2D eigenvalue weighted by Gasteiger charge is 2.30. The summed E-state index contributed by atoms with van der Waals surface area (Å²) in [5, 5.41) is 17.7. The molecule has 0 heterocycles. The second-order valence-electron chi connectivity index (χ2n) is 7.93. The fraction of sp³-hybridized carbons (Fsp3) is 0.333. The van der Waals surface area contributed by atoms with Crippen LogP contribution in [-0.4, -0.2) is 22.2 Å². The minimum absolute atomic E-state index is 0.207. The molecule has 1 atom stereocenters. The van der Waals surface area contributed by atoms with Gasteiger partial charge in [-0.25, -0.2) is 4.79 Å². The molecule has 0 amide bonds. The molecule has 0 fully saturated rings. The molecule has 0 saturated heterocycles. The van der Waals surface area contributed by atoms with Crippen molar-refractivity contribution < 1.29 is 19.8 Å². The molecule has 2 aromatic rings.